The highest BCUT2D eigenvalue weighted by Gasteiger charge is 2.21. The summed E-state index contributed by atoms with van der Waals surface area (Å²) in [5, 5.41) is 1.84. The fourth-order valence-electron chi connectivity index (χ4n) is 1.50. The van der Waals surface area contributed by atoms with Gasteiger partial charge in [0.15, 0.2) is 0 Å². The molecule has 2 aromatic rings. The first-order chi connectivity index (χ1) is 8.29. The zero-order chi connectivity index (χ0) is 13.5. The van der Waals surface area contributed by atoms with Gasteiger partial charge < -0.3 is 5.73 Å². The molecule has 0 bridgehead atoms. The summed E-state index contributed by atoms with van der Waals surface area (Å²) in [7, 11) is 0. The minimum absolute atomic E-state index is 0.0314. The van der Waals surface area contributed by atoms with Crippen molar-refractivity contribution >= 4 is 48.2 Å². The first-order valence-corrected chi connectivity index (χ1v) is 7.91. The molecule has 96 valence electrons. The number of benzene rings is 1. The van der Waals surface area contributed by atoms with Crippen LogP contribution in [-0.2, 0) is 5.41 Å². The number of hydrogen-bond acceptors (Lipinski definition) is 3. The second kappa shape index (κ2) is 4.94. The molecule has 1 aromatic heterocycles. The molecular weight excluding hydrogens is 376 g/mol. The predicted molar refractivity (Wildman–Crippen MR) is 86.1 cm³/mol. The van der Waals surface area contributed by atoms with Crippen LogP contribution in [0.3, 0.4) is 0 Å². The molecule has 0 aliphatic carbocycles. The Morgan fingerprint density at radius 2 is 1.83 bits per heavy atom. The second-order valence-corrected chi connectivity index (χ2v) is 7.85. The number of anilines is 1. The second-order valence-electron chi connectivity index (χ2n) is 5.11. The lowest BCUT2D eigenvalue weighted by molar-refractivity contribution is 0.586. The Hall–Kier alpha value is -0.390. The van der Waals surface area contributed by atoms with Crippen molar-refractivity contribution in [2.24, 2.45) is 0 Å². The van der Waals surface area contributed by atoms with Crippen LogP contribution in [0.2, 0.25) is 0 Å². The lowest BCUT2D eigenvalue weighted by Crippen LogP contribution is -2.10. The lowest BCUT2D eigenvalue weighted by atomic mass is 9.98. The number of thiazole rings is 1. The van der Waals surface area contributed by atoms with Gasteiger partial charge in [-0.05, 0) is 44.0 Å². The van der Waals surface area contributed by atoms with Crippen LogP contribution in [0.25, 0.3) is 11.3 Å². The zero-order valence-corrected chi connectivity index (χ0v) is 14.4. The van der Waals surface area contributed by atoms with Crippen molar-refractivity contribution in [1.82, 2.24) is 4.98 Å². The van der Waals surface area contributed by atoms with Crippen LogP contribution in [-0.4, -0.2) is 4.98 Å². The molecule has 0 fully saturated rings. The molecule has 1 aromatic carbocycles. The van der Waals surface area contributed by atoms with Crippen molar-refractivity contribution in [1.29, 1.82) is 0 Å². The minimum Gasteiger partial charge on any atom is -0.389 e. The largest absolute Gasteiger partial charge is 0.389 e. The van der Waals surface area contributed by atoms with Crippen molar-refractivity contribution in [2.45, 2.75) is 26.2 Å². The highest BCUT2D eigenvalue weighted by molar-refractivity contribution is 9.13. The number of nitrogens with zero attached hydrogens (tertiary/aromatic N) is 1. The molecule has 0 amide bonds. The van der Waals surface area contributed by atoms with Crippen LogP contribution in [0.4, 0.5) is 5.00 Å². The smallest absolute Gasteiger partial charge is 0.114 e. The summed E-state index contributed by atoms with van der Waals surface area (Å²) in [6.07, 6.45) is 0. The van der Waals surface area contributed by atoms with Gasteiger partial charge in [-0.2, -0.15) is 0 Å². The van der Waals surface area contributed by atoms with Gasteiger partial charge in [-0.15, -0.1) is 11.3 Å². The van der Waals surface area contributed by atoms with Crippen LogP contribution < -0.4 is 5.73 Å². The SMILES string of the molecule is CC(C)(C)c1nc(-c2ccc(Br)c(Br)c2)c(N)s1. The van der Waals surface area contributed by atoms with E-state index in [1.807, 2.05) is 18.2 Å². The fraction of sp³-hybridized carbons (Fsp3) is 0.308. The van der Waals surface area contributed by atoms with E-state index in [0.29, 0.717) is 0 Å². The Balaban J connectivity index is 2.51. The third kappa shape index (κ3) is 2.78. The first kappa shape index (κ1) is 14.0. The van der Waals surface area contributed by atoms with Crippen molar-refractivity contribution < 1.29 is 0 Å². The molecule has 0 aliphatic rings. The molecular formula is C13H14Br2N2S. The quantitative estimate of drug-likeness (QED) is 0.726. The van der Waals surface area contributed by atoms with E-state index in [1.165, 1.54) is 0 Å². The lowest BCUT2D eigenvalue weighted by Gasteiger charge is -2.13. The van der Waals surface area contributed by atoms with E-state index < -0.39 is 0 Å². The van der Waals surface area contributed by atoms with E-state index in [9.17, 15) is 0 Å². The van der Waals surface area contributed by atoms with Crippen molar-refractivity contribution in [2.75, 3.05) is 5.73 Å². The molecule has 1 heterocycles. The first-order valence-electron chi connectivity index (χ1n) is 5.51. The summed E-state index contributed by atoms with van der Waals surface area (Å²) in [5.41, 5.74) is 8.03. The number of nitrogen functional groups attached to an aromatic ring is 1. The summed E-state index contributed by atoms with van der Waals surface area (Å²) >= 11 is 8.53. The maximum absolute atomic E-state index is 6.09. The molecule has 0 saturated heterocycles. The number of hydrogen-bond donors (Lipinski definition) is 1. The molecule has 18 heavy (non-hydrogen) atoms. The molecule has 0 aliphatic heterocycles. The zero-order valence-electron chi connectivity index (χ0n) is 10.4. The third-order valence-electron chi connectivity index (χ3n) is 2.49. The van der Waals surface area contributed by atoms with Crippen molar-refractivity contribution in [3.8, 4) is 11.3 Å². The number of rotatable bonds is 1. The average Bonchev–Trinajstić information content (AvgIpc) is 2.64. The highest BCUT2D eigenvalue weighted by Crippen LogP contribution is 2.37. The van der Waals surface area contributed by atoms with Gasteiger partial charge in [-0.25, -0.2) is 4.98 Å². The molecule has 5 heteroatoms. The minimum atomic E-state index is 0.0314. The standard InChI is InChI=1S/C13H14Br2N2S/c1-13(2,3)12-17-10(11(16)18-12)7-4-5-8(14)9(15)6-7/h4-6H,16H2,1-3H3. The van der Waals surface area contributed by atoms with Gasteiger partial charge in [0.1, 0.15) is 15.7 Å². The van der Waals surface area contributed by atoms with Gasteiger partial charge in [0.25, 0.3) is 0 Å². The van der Waals surface area contributed by atoms with Crippen LogP contribution >= 0.6 is 43.2 Å². The Morgan fingerprint density at radius 1 is 1.17 bits per heavy atom. The van der Waals surface area contributed by atoms with Crippen LogP contribution in [0.15, 0.2) is 27.1 Å². The normalized spacial score (nSPS) is 11.8. The van der Waals surface area contributed by atoms with Gasteiger partial charge in [-0.1, -0.05) is 26.8 Å². The van der Waals surface area contributed by atoms with Crippen LogP contribution in [0.5, 0.6) is 0 Å². The van der Waals surface area contributed by atoms with Gasteiger partial charge in [0.05, 0.1) is 0 Å². The van der Waals surface area contributed by atoms with Gasteiger partial charge >= 0.3 is 0 Å². The Labute approximate surface area is 128 Å². The molecule has 0 saturated carbocycles. The van der Waals surface area contributed by atoms with E-state index >= 15 is 0 Å². The number of halogens is 2. The van der Waals surface area contributed by atoms with E-state index in [4.69, 9.17) is 5.73 Å². The summed E-state index contributed by atoms with van der Waals surface area (Å²) in [4.78, 5) is 4.68. The van der Waals surface area contributed by atoms with Crippen LogP contribution in [0, 0.1) is 0 Å². The summed E-state index contributed by atoms with van der Waals surface area (Å²) in [6.45, 7) is 6.44. The Morgan fingerprint density at radius 3 is 2.33 bits per heavy atom. The van der Waals surface area contributed by atoms with Gasteiger partial charge in [0.2, 0.25) is 0 Å². The van der Waals surface area contributed by atoms with Crippen LogP contribution in [0.1, 0.15) is 25.8 Å². The maximum atomic E-state index is 6.09. The molecule has 0 spiro atoms. The molecule has 2 nitrogen and oxygen atoms in total. The monoisotopic (exact) mass is 388 g/mol. The maximum Gasteiger partial charge on any atom is 0.114 e. The summed E-state index contributed by atoms with van der Waals surface area (Å²) in [6, 6.07) is 6.05. The predicted octanol–water partition coefficient (Wildman–Crippen LogP) is 5.21. The highest BCUT2D eigenvalue weighted by atomic mass is 79.9. The van der Waals surface area contributed by atoms with E-state index in [2.05, 4.69) is 57.6 Å². The average molecular weight is 390 g/mol. The van der Waals surface area contributed by atoms with Crippen molar-refractivity contribution in [3.63, 3.8) is 0 Å². The topological polar surface area (TPSA) is 38.9 Å². The molecule has 0 unspecified atom stereocenters. The summed E-state index contributed by atoms with van der Waals surface area (Å²) in [5.74, 6) is 0. The van der Waals surface area contributed by atoms with E-state index in [0.717, 1.165) is 30.2 Å². The number of aromatic nitrogens is 1. The fourth-order valence-corrected chi connectivity index (χ4v) is 3.04. The molecule has 2 N–H and O–H groups in total. The molecule has 2 rings (SSSR count). The van der Waals surface area contributed by atoms with E-state index in [1.54, 1.807) is 11.3 Å². The van der Waals surface area contributed by atoms with Gasteiger partial charge in [0, 0.05) is 19.9 Å². The molecule has 0 atom stereocenters. The third-order valence-corrected chi connectivity index (χ3v) is 5.68. The Bertz CT molecular complexity index is 585. The Kier molecular flexibility index (Phi) is 3.85. The van der Waals surface area contributed by atoms with Crippen molar-refractivity contribution in [3.05, 3.63) is 32.2 Å². The van der Waals surface area contributed by atoms with Gasteiger partial charge in [-0.3, -0.25) is 0 Å². The number of nitrogens with two attached hydrogens (primary N) is 1. The summed E-state index contributed by atoms with van der Waals surface area (Å²) < 4.78 is 2.03. The van der Waals surface area contributed by atoms with E-state index in [-0.39, 0.29) is 5.41 Å². The molecule has 0 radical (unpaired) electrons.